The summed E-state index contributed by atoms with van der Waals surface area (Å²) in [6.45, 7) is 4.34. The molecular formula is C23H31Cl2N3O. The third-order valence-electron chi connectivity index (χ3n) is 6.09. The maximum atomic E-state index is 13.0. The highest BCUT2D eigenvalue weighted by molar-refractivity contribution is 5.94. The van der Waals surface area contributed by atoms with E-state index >= 15 is 0 Å². The zero-order chi connectivity index (χ0) is 18.6. The molecule has 0 saturated carbocycles. The van der Waals surface area contributed by atoms with E-state index in [1.54, 1.807) is 0 Å². The minimum atomic E-state index is 0. The van der Waals surface area contributed by atoms with Crippen LogP contribution in [-0.2, 0) is 0 Å². The first-order chi connectivity index (χ1) is 13.3. The lowest BCUT2D eigenvalue weighted by Gasteiger charge is -2.29. The van der Waals surface area contributed by atoms with Gasteiger partial charge in [0.05, 0.1) is 0 Å². The summed E-state index contributed by atoms with van der Waals surface area (Å²) in [6, 6.07) is 18.6. The molecule has 6 heteroatoms. The Kier molecular flexibility index (Phi) is 8.81. The largest absolute Gasteiger partial charge is 0.372 e. The molecule has 0 aromatic heterocycles. The number of likely N-dealkylation sites (tertiary alicyclic amines) is 1. The minimum absolute atomic E-state index is 0. The molecule has 2 saturated heterocycles. The fourth-order valence-electron chi connectivity index (χ4n) is 4.50. The summed E-state index contributed by atoms with van der Waals surface area (Å²) in [7, 11) is 0. The Labute approximate surface area is 186 Å². The SMILES string of the molecule is Cl.Cl.NC[C@@H]1CN(C(=O)c2ccc(N3CCCCC3)cc2)C[C@H]1c1ccccc1. The Bertz CT molecular complexity index is 763. The summed E-state index contributed by atoms with van der Waals surface area (Å²) in [5, 5.41) is 0. The molecule has 2 aromatic carbocycles. The van der Waals surface area contributed by atoms with Crippen LogP contribution in [-0.4, -0.2) is 43.5 Å². The van der Waals surface area contributed by atoms with E-state index in [4.69, 9.17) is 5.73 Å². The van der Waals surface area contributed by atoms with Crippen molar-refractivity contribution in [3.05, 3.63) is 65.7 Å². The standard InChI is InChI=1S/C23H29N3O.2ClH/c24-15-20-16-26(17-22(20)18-7-3-1-4-8-18)23(27)19-9-11-21(12-10-19)25-13-5-2-6-14-25;;/h1,3-4,7-12,20,22H,2,5-6,13-17,24H2;2*1H/t20-,22+;;/m1../s1. The van der Waals surface area contributed by atoms with Crippen LogP contribution in [0.2, 0.25) is 0 Å². The molecule has 2 aliphatic rings. The number of hydrogen-bond donors (Lipinski definition) is 1. The molecule has 4 rings (SSSR count). The van der Waals surface area contributed by atoms with Gasteiger partial charge in [-0.05, 0) is 61.6 Å². The van der Waals surface area contributed by atoms with Crippen molar-refractivity contribution in [3.63, 3.8) is 0 Å². The van der Waals surface area contributed by atoms with Gasteiger partial charge in [-0.1, -0.05) is 30.3 Å². The van der Waals surface area contributed by atoms with E-state index in [9.17, 15) is 4.79 Å². The number of benzene rings is 2. The first-order valence-electron chi connectivity index (χ1n) is 10.2. The Morgan fingerprint density at radius 3 is 2.17 bits per heavy atom. The Hall–Kier alpha value is -1.75. The van der Waals surface area contributed by atoms with Crippen molar-refractivity contribution in [1.82, 2.24) is 4.90 Å². The van der Waals surface area contributed by atoms with Crippen molar-refractivity contribution in [3.8, 4) is 0 Å². The minimum Gasteiger partial charge on any atom is -0.372 e. The summed E-state index contributed by atoms with van der Waals surface area (Å²) in [5.74, 6) is 0.772. The van der Waals surface area contributed by atoms with Crippen molar-refractivity contribution in [2.24, 2.45) is 11.7 Å². The molecule has 2 aromatic rings. The van der Waals surface area contributed by atoms with Crippen LogP contribution < -0.4 is 10.6 Å². The van der Waals surface area contributed by atoms with E-state index in [-0.39, 0.29) is 30.7 Å². The number of piperidine rings is 1. The van der Waals surface area contributed by atoms with Gasteiger partial charge < -0.3 is 15.5 Å². The maximum absolute atomic E-state index is 13.0. The molecule has 158 valence electrons. The number of carbonyl (C=O) groups excluding carboxylic acids is 1. The number of anilines is 1. The molecular weight excluding hydrogens is 405 g/mol. The van der Waals surface area contributed by atoms with Crippen LogP contribution in [0, 0.1) is 5.92 Å². The predicted molar refractivity (Wildman–Crippen MR) is 125 cm³/mol. The molecule has 1 amide bonds. The van der Waals surface area contributed by atoms with Crippen LogP contribution in [0.15, 0.2) is 54.6 Å². The van der Waals surface area contributed by atoms with E-state index in [1.807, 2.05) is 23.1 Å². The molecule has 0 bridgehead atoms. The van der Waals surface area contributed by atoms with Gasteiger partial charge in [0.15, 0.2) is 0 Å². The third kappa shape index (κ3) is 5.25. The molecule has 0 aliphatic carbocycles. The van der Waals surface area contributed by atoms with E-state index in [1.165, 1.54) is 30.5 Å². The first-order valence-corrected chi connectivity index (χ1v) is 10.2. The van der Waals surface area contributed by atoms with Gasteiger partial charge in [-0.2, -0.15) is 0 Å². The third-order valence-corrected chi connectivity index (χ3v) is 6.09. The summed E-state index contributed by atoms with van der Waals surface area (Å²) in [4.78, 5) is 17.4. The average molecular weight is 436 g/mol. The molecule has 0 unspecified atom stereocenters. The molecule has 0 radical (unpaired) electrons. The summed E-state index contributed by atoms with van der Waals surface area (Å²) in [6.07, 6.45) is 3.85. The van der Waals surface area contributed by atoms with Gasteiger partial charge in [0.2, 0.25) is 0 Å². The normalized spacial score (nSPS) is 21.3. The van der Waals surface area contributed by atoms with Gasteiger partial charge in [-0.15, -0.1) is 24.8 Å². The quantitative estimate of drug-likeness (QED) is 0.776. The van der Waals surface area contributed by atoms with Crippen LogP contribution in [0.1, 0.15) is 41.1 Å². The summed E-state index contributed by atoms with van der Waals surface area (Å²) < 4.78 is 0. The van der Waals surface area contributed by atoms with Crippen molar-refractivity contribution in [2.75, 3.05) is 37.6 Å². The van der Waals surface area contributed by atoms with E-state index < -0.39 is 0 Å². The number of nitrogens with two attached hydrogens (primary N) is 1. The molecule has 2 N–H and O–H groups in total. The van der Waals surface area contributed by atoms with Gasteiger partial charge in [0, 0.05) is 43.3 Å². The monoisotopic (exact) mass is 435 g/mol. The van der Waals surface area contributed by atoms with Gasteiger partial charge in [0.1, 0.15) is 0 Å². The Balaban J connectivity index is 0.00000150. The highest BCUT2D eigenvalue weighted by atomic mass is 35.5. The number of rotatable bonds is 4. The lowest BCUT2D eigenvalue weighted by Crippen LogP contribution is -2.30. The molecule has 2 heterocycles. The lowest BCUT2D eigenvalue weighted by molar-refractivity contribution is 0.0786. The van der Waals surface area contributed by atoms with Crippen molar-refractivity contribution in [2.45, 2.75) is 25.2 Å². The molecule has 0 spiro atoms. The highest BCUT2D eigenvalue weighted by Crippen LogP contribution is 2.33. The van der Waals surface area contributed by atoms with E-state index in [0.717, 1.165) is 31.7 Å². The van der Waals surface area contributed by atoms with E-state index in [2.05, 4.69) is 41.3 Å². The molecule has 4 nitrogen and oxygen atoms in total. The smallest absolute Gasteiger partial charge is 0.253 e. The fraction of sp³-hybridized carbons (Fsp3) is 0.435. The fourth-order valence-corrected chi connectivity index (χ4v) is 4.50. The number of halogens is 2. The maximum Gasteiger partial charge on any atom is 0.253 e. The number of carbonyl (C=O) groups is 1. The Morgan fingerprint density at radius 2 is 1.55 bits per heavy atom. The second kappa shape index (κ2) is 10.9. The van der Waals surface area contributed by atoms with Crippen LogP contribution in [0.5, 0.6) is 0 Å². The molecule has 2 aliphatic heterocycles. The zero-order valence-electron chi connectivity index (χ0n) is 16.7. The first kappa shape index (κ1) is 23.5. The lowest BCUT2D eigenvalue weighted by atomic mass is 9.89. The second-order valence-electron chi connectivity index (χ2n) is 7.82. The van der Waals surface area contributed by atoms with Gasteiger partial charge >= 0.3 is 0 Å². The van der Waals surface area contributed by atoms with Crippen LogP contribution >= 0.6 is 24.8 Å². The van der Waals surface area contributed by atoms with Crippen molar-refractivity contribution >= 4 is 36.4 Å². The average Bonchev–Trinajstić information content (AvgIpc) is 3.19. The zero-order valence-corrected chi connectivity index (χ0v) is 18.3. The second-order valence-corrected chi connectivity index (χ2v) is 7.82. The number of nitrogens with zero attached hydrogens (tertiary/aromatic N) is 2. The molecule has 2 fully saturated rings. The highest BCUT2D eigenvalue weighted by Gasteiger charge is 2.35. The number of hydrogen-bond acceptors (Lipinski definition) is 3. The topological polar surface area (TPSA) is 49.6 Å². The Morgan fingerprint density at radius 1 is 0.897 bits per heavy atom. The van der Waals surface area contributed by atoms with Crippen LogP contribution in [0.25, 0.3) is 0 Å². The van der Waals surface area contributed by atoms with Gasteiger partial charge in [0.25, 0.3) is 5.91 Å². The van der Waals surface area contributed by atoms with Crippen molar-refractivity contribution in [1.29, 1.82) is 0 Å². The van der Waals surface area contributed by atoms with Crippen molar-refractivity contribution < 1.29 is 4.79 Å². The summed E-state index contributed by atoms with van der Waals surface area (Å²) in [5.41, 5.74) is 9.31. The van der Waals surface area contributed by atoms with Crippen LogP contribution in [0.4, 0.5) is 5.69 Å². The van der Waals surface area contributed by atoms with Gasteiger partial charge in [-0.3, -0.25) is 4.79 Å². The molecule has 2 atom stereocenters. The molecule has 29 heavy (non-hydrogen) atoms. The van der Waals surface area contributed by atoms with Gasteiger partial charge in [-0.25, -0.2) is 0 Å². The number of amides is 1. The predicted octanol–water partition coefficient (Wildman–Crippen LogP) is 4.34. The van der Waals surface area contributed by atoms with Crippen LogP contribution in [0.3, 0.4) is 0 Å². The summed E-state index contributed by atoms with van der Waals surface area (Å²) >= 11 is 0. The van der Waals surface area contributed by atoms with E-state index in [0.29, 0.717) is 18.4 Å².